The molecule has 2 N–H and O–H groups in total. The Hall–Kier alpha value is -0.650. The van der Waals surface area contributed by atoms with Crippen LogP contribution in [0.4, 0.5) is 0 Å². The van der Waals surface area contributed by atoms with E-state index in [-0.39, 0.29) is 18.6 Å². The number of aliphatic hydroxyl groups excluding tert-OH is 1. The molecule has 2 saturated heterocycles. The number of nitrogens with one attached hydrogen (secondary N) is 1. The van der Waals surface area contributed by atoms with Gasteiger partial charge in [0.1, 0.15) is 0 Å². The highest BCUT2D eigenvalue weighted by Gasteiger charge is 2.29. The van der Waals surface area contributed by atoms with Crippen molar-refractivity contribution in [2.75, 3.05) is 39.4 Å². The van der Waals surface area contributed by atoms with Crippen molar-refractivity contribution in [3.8, 4) is 0 Å². The van der Waals surface area contributed by atoms with Gasteiger partial charge in [0, 0.05) is 19.6 Å². The van der Waals surface area contributed by atoms with Crippen LogP contribution >= 0.6 is 0 Å². The molecule has 0 aliphatic carbocycles. The average molecular weight is 242 g/mol. The summed E-state index contributed by atoms with van der Waals surface area (Å²) in [6.07, 6.45) is 2.98. The van der Waals surface area contributed by atoms with Crippen molar-refractivity contribution >= 4 is 5.91 Å². The molecule has 0 saturated carbocycles. The van der Waals surface area contributed by atoms with Crippen LogP contribution in [-0.2, 0) is 9.53 Å². The van der Waals surface area contributed by atoms with E-state index in [2.05, 4.69) is 5.32 Å². The monoisotopic (exact) mass is 242 g/mol. The molecule has 2 heterocycles. The minimum absolute atomic E-state index is 0.0763. The van der Waals surface area contributed by atoms with Crippen molar-refractivity contribution in [1.82, 2.24) is 10.2 Å². The zero-order valence-electron chi connectivity index (χ0n) is 10.2. The Kier molecular flexibility index (Phi) is 4.76. The van der Waals surface area contributed by atoms with E-state index in [9.17, 15) is 4.79 Å². The largest absolute Gasteiger partial charge is 0.394 e. The molecular weight excluding hydrogens is 220 g/mol. The van der Waals surface area contributed by atoms with Gasteiger partial charge in [-0.1, -0.05) is 0 Å². The first-order valence-corrected chi connectivity index (χ1v) is 6.53. The van der Waals surface area contributed by atoms with Crippen molar-refractivity contribution < 1.29 is 14.6 Å². The molecule has 2 aliphatic rings. The first-order chi connectivity index (χ1) is 8.31. The summed E-state index contributed by atoms with van der Waals surface area (Å²) in [7, 11) is 0. The van der Waals surface area contributed by atoms with Crippen molar-refractivity contribution in [1.29, 1.82) is 0 Å². The number of hydrogen-bond donors (Lipinski definition) is 2. The van der Waals surface area contributed by atoms with E-state index in [1.165, 1.54) is 0 Å². The van der Waals surface area contributed by atoms with Gasteiger partial charge in [-0.15, -0.1) is 0 Å². The van der Waals surface area contributed by atoms with Gasteiger partial charge in [0.05, 0.1) is 25.2 Å². The van der Waals surface area contributed by atoms with Crippen LogP contribution in [0, 0.1) is 5.92 Å². The van der Waals surface area contributed by atoms with E-state index in [1.807, 2.05) is 4.90 Å². The smallest absolute Gasteiger partial charge is 0.227 e. The molecule has 5 heteroatoms. The highest BCUT2D eigenvalue weighted by molar-refractivity contribution is 5.79. The maximum absolute atomic E-state index is 12.1. The Morgan fingerprint density at radius 1 is 1.35 bits per heavy atom. The summed E-state index contributed by atoms with van der Waals surface area (Å²) in [4.78, 5) is 14.1. The molecule has 2 aliphatic heterocycles. The van der Waals surface area contributed by atoms with E-state index in [1.54, 1.807) is 0 Å². The predicted octanol–water partition coefficient (Wildman–Crippen LogP) is -0.404. The molecule has 0 bridgehead atoms. The predicted molar refractivity (Wildman–Crippen MR) is 63.6 cm³/mol. The summed E-state index contributed by atoms with van der Waals surface area (Å²) < 4.78 is 5.49. The van der Waals surface area contributed by atoms with Gasteiger partial charge in [-0.3, -0.25) is 4.79 Å². The Morgan fingerprint density at radius 2 is 2.12 bits per heavy atom. The van der Waals surface area contributed by atoms with E-state index in [0.29, 0.717) is 12.5 Å². The van der Waals surface area contributed by atoms with Crippen LogP contribution in [-0.4, -0.2) is 61.4 Å². The van der Waals surface area contributed by atoms with Crippen LogP contribution in [0.1, 0.15) is 19.3 Å². The summed E-state index contributed by atoms with van der Waals surface area (Å²) in [6.45, 7) is 3.88. The average Bonchev–Trinajstić information content (AvgIpc) is 2.90. The van der Waals surface area contributed by atoms with Gasteiger partial charge in [0.25, 0.3) is 0 Å². The number of amides is 1. The summed E-state index contributed by atoms with van der Waals surface area (Å²) in [5, 5.41) is 11.9. The van der Waals surface area contributed by atoms with Crippen LogP contribution in [0.25, 0.3) is 0 Å². The number of hydrogen-bond acceptors (Lipinski definition) is 4. The van der Waals surface area contributed by atoms with Crippen molar-refractivity contribution in [2.24, 2.45) is 5.92 Å². The molecule has 0 spiro atoms. The summed E-state index contributed by atoms with van der Waals surface area (Å²) in [6, 6.07) is 0. The molecule has 0 radical (unpaired) electrons. The molecule has 0 aromatic carbocycles. The lowest BCUT2D eigenvalue weighted by Gasteiger charge is -2.33. The first kappa shape index (κ1) is 12.8. The van der Waals surface area contributed by atoms with Crippen molar-refractivity contribution in [3.05, 3.63) is 0 Å². The summed E-state index contributed by atoms with van der Waals surface area (Å²) >= 11 is 0. The molecule has 5 nitrogen and oxygen atoms in total. The van der Waals surface area contributed by atoms with Gasteiger partial charge in [-0.2, -0.15) is 0 Å². The number of piperidine rings is 1. The topological polar surface area (TPSA) is 61.8 Å². The third-order valence-corrected chi connectivity index (χ3v) is 3.61. The van der Waals surface area contributed by atoms with Gasteiger partial charge in [0.2, 0.25) is 5.91 Å². The number of carbonyl (C=O) groups excluding carboxylic acids is 1. The second-order valence-corrected chi connectivity index (χ2v) is 4.81. The standard InChI is InChI=1S/C12H22N2O3/c15-7-8-17-11-2-5-14(6-3-11)12(16)10-1-4-13-9-10/h10-11,13,15H,1-9H2. The van der Waals surface area contributed by atoms with E-state index < -0.39 is 0 Å². The van der Waals surface area contributed by atoms with Crippen LogP contribution < -0.4 is 5.32 Å². The lowest BCUT2D eigenvalue weighted by molar-refractivity contribution is -0.137. The Bertz CT molecular complexity index is 246. The van der Waals surface area contributed by atoms with Crippen LogP contribution in [0.3, 0.4) is 0 Å². The fourth-order valence-corrected chi connectivity index (χ4v) is 2.59. The zero-order chi connectivity index (χ0) is 12.1. The fourth-order valence-electron chi connectivity index (χ4n) is 2.59. The lowest BCUT2D eigenvalue weighted by atomic mass is 10.0. The number of nitrogens with zero attached hydrogens (tertiary/aromatic N) is 1. The second kappa shape index (κ2) is 6.33. The molecule has 2 fully saturated rings. The molecule has 98 valence electrons. The normalized spacial score (nSPS) is 26.4. The second-order valence-electron chi connectivity index (χ2n) is 4.81. The lowest BCUT2D eigenvalue weighted by Crippen LogP contribution is -2.44. The highest BCUT2D eigenvalue weighted by Crippen LogP contribution is 2.18. The summed E-state index contributed by atoms with van der Waals surface area (Å²) in [5.74, 6) is 0.487. The van der Waals surface area contributed by atoms with Crippen LogP contribution in [0.2, 0.25) is 0 Å². The SMILES string of the molecule is O=C(C1CCNC1)N1CCC(OCCO)CC1. The number of aliphatic hydroxyl groups is 1. The minimum Gasteiger partial charge on any atom is -0.394 e. The number of carbonyl (C=O) groups is 1. The molecule has 17 heavy (non-hydrogen) atoms. The van der Waals surface area contributed by atoms with Crippen LogP contribution in [0.5, 0.6) is 0 Å². The summed E-state index contributed by atoms with van der Waals surface area (Å²) in [5.41, 5.74) is 0. The van der Waals surface area contributed by atoms with Crippen molar-refractivity contribution in [2.45, 2.75) is 25.4 Å². The third-order valence-electron chi connectivity index (χ3n) is 3.61. The number of likely N-dealkylation sites (tertiary alicyclic amines) is 1. The van der Waals surface area contributed by atoms with E-state index >= 15 is 0 Å². The Labute approximate surface area is 102 Å². The highest BCUT2D eigenvalue weighted by atomic mass is 16.5. The van der Waals surface area contributed by atoms with Crippen LogP contribution in [0.15, 0.2) is 0 Å². The van der Waals surface area contributed by atoms with Gasteiger partial charge >= 0.3 is 0 Å². The molecule has 1 unspecified atom stereocenters. The molecule has 0 aromatic heterocycles. The molecular formula is C12H22N2O3. The Balaban J connectivity index is 1.72. The van der Waals surface area contributed by atoms with E-state index in [4.69, 9.17) is 9.84 Å². The number of ether oxygens (including phenoxy) is 1. The number of rotatable bonds is 4. The molecule has 0 aromatic rings. The third kappa shape index (κ3) is 3.40. The van der Waals surface area contributed by atoms with Gasteiger partial charge in [-0.05, 0) is 25.8 Å². The Morgan fingerprint density at radius 3 is 2.71 bits per heavy atom. The van der Waals surface area contributed by atoms with E-state index in [0.717, 1.165) is 45.4 Å². The maximum Gasteiger partial charge on any atom is 0.227 e. The molecule has 1 amide bonds. The molecule has 1 atom stereocenters. The fraction of sp³-hybridized carbons (Fsp3) is 0.917. The van der Waals surface area contributed by atoms with Gasteiger partial charge in [0.15, 0.2) is 0 Å². The zero-order valence-corrected chi connectivity index (χ0v) is 10.2. The minimum atomic E-state index is 0.0763. The van der Waals surface area contributed by atoms with Gasteiger partial charge in [-0.25, -0.2) is 0 Å². The maximum atomic E-state index is 12.1. The van der Waals surface area contributed by atoms with Crippen molar-refractivity contribution in [3.63, 3.8) is 0 Å². The molecule has 2 rings (SSSR count). The first-order valence-electron chi connectivity index (χ1n) is 6.53. The quantitative estimate of drug-likeness (QED) is 0.704. The van der Waals surface area contributed by atoms with Gasteiger partial charge < -0.3 is 20.1 Å².